The number of hydrogen-bond donors (Lipinski definition) is 1. The lowest BCUT2D eigenvalue weighted by atomic mass is 10.1. The maximum atomic E-state index is 11.6. The quantitative estimate of drug-likeness (QED) is 0.871. The minimum atomic E-state index is 0.0330. The molecule has 1 aromatic rings. The Hall–Kier alpha value is -0.650. The van der Waals surface area contributed by atoms with Crippen molar-refractivity contribution in [2.24, 2.45) is 5.92 Å². The van der Waals surface area contributed by atoms with Crippen LogP contribution in [0.4, 0.5) is 5.82 Å². The van der Waals surface area contributed by atoms with Gasteiger partial charge in [0.05, 0.1) is 5.69 Å². The van der Waals surface area contributed by atoms with Crippen molar-refractivity contribution in [1.29, 1.82) is 0 Å². The summed E-state index contributed by atoms with van der Waals surface area (Å²) in [5, 5.41) is 2.81. The highest BCUT2D eigenvalue weighted by atomic mass is 127. The number of nitrogens with zero attached hydrogens (tertiary/aromatic N) is 1. The average Bonchev–Trinajstić information content (AvgIpc) is 2.22. The van der Waals surface area contributed by atoms with Crippen molar-refractivity contribution < 1.29 is 4.79 Å². The first-order valence-electron chi connectivity index (χ1n) is 4.98. The standard InChI is InChI=1S/C11H15IN2O/c1-4-7(2)11(15)14-10-6-5-9(12)8(3)13-10/h5-7H,4H2,1-3H3,(H,13,14,15). The van der Waals surface area contributed by atoms with Gasteiger partial charge in [0.15, 0.2) is 0 Å². The molecule has 1 atom stereocenters. The molecule has 0 saturated heterocycles. The summed E-state index contributed by atoms with van der Waals surface area (Å²) >= 11 is 2.22. The van der Waals surface area contributed by atoms with E-state index in [0.717, 1.165) is 15.7 Å². The van der Waals surface area contributed by atoms with Gasteiger partial charge in [0.2, 0.25) is 5.91 Å². The number of pyridine rings is 1. The summed E-state index contributed by atoms with van der Waals surface area (Å²) in [6, 6.07) is 3.78. The molecule has 0 bridgehead atoms. The van der Waals surface area contributed by atoms with E-state index in [1.165, 1.54) is 0 Å². The zero-order valence-electron chi connectivity index (χ0n) is 9.17. The first kappa shape index (κ1) is 12.4. The van der Waals surface area contributed by atoms with Crippen molar-refractivity contribution in [3.8, 4) is 0 Å². The lowest BCUT2D eigenvalue weighted by molar-refractivity contribution is -0.119. The minimum absolute atomic E-state index is 0.0330. The minimum Gasteiger partial charge on any atom is -0.310 e. The van der Waals surface area contributed by atoms with Crippen molar-refractivity contribution in [3.05, 3.63) is 21.4 Å². The van der Waals surface area contributed by atoms with Gasteiger partial charge >= 0.3 is 0 Å². The van der Waals surface area contributed by atoms with Gasteiger partial charge in [-0.05, 0) is 48.1 Å². The van der Waals surface area contributed by atoms with E-state index in [0.29, 0.717) is 5.82 Å². The van der Waals surface area contributed by atoms with E-state index in [9.17, 15) is 4.79 Å². The molecule has 1 rings (SSSR count). The van der Waals surface area contributed by atoms with E-state index in [4.69, 9.17) is 0 Å². The highest BCUT2D eigenvalue weighted by Crippen LogP contribution is 2.13. The zero-order chi connectivity index (χ0) is 11.4. The van der Waals surface area contributed by atoms with E-state index in [-0.39, 0.29) is 11.8 Å². The van der Waals surface area contributed by atoms with Crippen LogP contribution in [0.2, 0.25) is 0 Å². The van der Waals surface area contributed by atoms with E-state index in [2.05, 4.69) is 32.9 Å². The van der Waals surface area contributed by atoms with Gasteiger partial charge in [-0.25, -0.2) is 4.98 Å². The lowest BCUT2D eigenvalue weighted by Crippen LogP contribution is -2.20. The monoisotopic (exact) mass is 318 g/mol. The van der Waals surface area contributed by atoms with Crippen LogP contribution in [-0.4, -0.2) is 10.9 Å². The Labute approximate surface area is 104 Å². The molecule has 82 valence electrons. The smallest absolute Gasteiger partial charge is 0.228 e. The second-order valence-electron chi connectivity index (χ2n) is 3.56. The summed E-state index contributed by atoms with van der Waals surface area (Å²) in [6.07, 6.45) is 0.842. The third kappa shape index (κ3) is 3.44. The molecule has 4 heteroatoms. The highest BCUT2D eigenvalue weighted by molar-refractivity contribution is 14.1. The number of aromatic nitrogens is 1. The summed E-state index contributed by atoms with van der Waals surface area (Å²) in [7, 11) is 0. The summed E-state index contributed by atoms with van der Waals surface area (Å²) in [5.41, 5.74) is 0.942. The lowest BCUT2D eigenvalue weighted by Gasteiger charge is -2.09. The Bertz CT molecular complexity index is 366. The number of aryl methyl sites for hydroxylation is 1. The Morgan fingerprint density at radius 2 is 2.27 bits per heavy atom. The molecule has 15 heavy (non-hydrogen) atoms. The molecule has 0 aliphatic rings. The second kappa shape index (κ2) is 5.44. The van der Waals surface area contributed by atoms with Crippen LogP contribution in [0, 0.1) is 16.4 Å². The first-order valence-corrected chi connectivity index (χ1v) is 6.06. The van der Waals surface area contributed by atoms with Gasteiger partial charge in [-0.15, -0.1) is 0 Å². The molecule has 0 fully saturated rings. The van der Waals surface area contributed by atoms with Crippen molar-refractivity contribution in [1.82, 2.24) is 4.98 Å². The van der Waals surface area contributed by atoms with Crippen molar-refractivity contribution in [2.45, 2.75) is 27.2 Å². The molecule has 0 radical (unpaired) electrons. The number of halogens is 1. The van der Waals surface area contributed by atoms with Gasteiger partial charge in [-0.1, -0.05) is 13.8 Å². The van der Waals surface area contributed by atoms with Gasteiger partial charge in [-0.2, -0.15) is 0 Å². The second-order valence-corrected chi connectivity index (χ2v) is 4.72. The van der Waals surface area contributed by atoms with Crippen molar-refractivity contribution in [3.63, 3.8) is 0 Å². The van der Waals surface area contributed by atoms with Gasteiger partial charge in [0, 0.05) is 9.49 Å². The predicted molar refractivity (Wildman–Crippen MR) is 69.8 cm³/mol. The van der Waals surface area contributed by atoms with Crippen molar-refractivity contribution >= 4 is 34.3 Å². The summed E-state index contributed by atoms with van der Waals surface area (Å²) in [4.78, 5) is 15.9. The van der Waals surface area contributed by atoms with Gasteiger partial charge in [0.1, 0.15) is 5.82 Å². The summed E-state index contributed by atoms with van der Waals surface area (Å²) in [6.45, 7) is 5.84. The van der Waals surface area contributed by atoms with Crippen LogP contribution < -0.4 is 5.32 Å². The van der Waals surface area contributed by atoms with E-state index >= 15 is 0 Å². The molecule has 0 aromatic carbocycles. The fraction of sp³-hybridized carbons (Fsp3) is 0.455. The molecular weight excluding hydrogens is 303 g/mol. The number of amides is 1. The normalized spacial score (nSPS) is 12.3. The number of carbonyl (C=O) groups is 1. The van der Waals surface area contributed by atoms with E-state index in [1.54, 1.807) is 0 Å². The fourth-order valence-corrected chi connectivity index (χ4v) is 1.35. The number of nitrogens with one attached hydrogen (secondary N) is 1. The Morgan fingerprint density at radius 1 is 1.60 bits per heavy atom. The Balaban J connectivity index is 2.73. The topological polar surface area (TPSA) is 42.0 Å². The molecule has 1 N–H and O–H groups in total. The number of carbonyl (C=O) groups excluding carboxylic acids is 1. The van der Waals surface area contributed by atoms with E-state index < -0.39 is 0 Å². The van der Waals surface area contributed by atoms with E-state index in [1.807, 2.05) is 32.9 Å². The largest absolute Gasteiger partial charge is 0.310 e. The van der Waals surface area contributed by atoms with Gasteiger partial charge in [-0.3, -0.25) is 4.79 Å². The highest BCUT2D eigenvalue weighted by Gasteiger charge is 2.11. The summed E-state index contributed by atoms with van der Waals surface area (Å²) in [5.74, 6) is 0.704. The maximum absolute atomic E-state index is 11.6. The number of rotatable bonds is 3. The number of hydrogen-bond acceptors (Lipinski definition) is 2. The molecule has 1 heterocycles. The van der Waals surface area contributed by atoms with Crippen LogP contribution >= 0.6 is 22.6 Å². The maximum Gasteiger partial charge on any atom is 0.228 e. The predicted octanol–water partition coefficient (Wildman–Crippen LogP) is 2.98. The number of anilines is 1. The molecule has 1 unspecified atom stereocenters. The SMILES string of the molecule is CCC(C)C(=O)Nc1ccc(I)c(C)n1. The summed E-state index contributed by atoms with van der Waals surface area (Å²) < 4.78 is 1.11. The molecular formula is C11H15IN2O. The fourth-order valence-electron chi connectivity index (χ4n) is 1.05. The van der Waals surface area contributed by atoms with Crippen LogP contribution in [0.5, 0.6) is 0 Å². The van der Waals surface area contributed by atoms with Crippen LogP contribution in [0.25, 0.3) is 0 Å². The average molecular weight is 318 g/mol. The molecule has 0 saturated carbocycles. The van der Waals surface area contributed by atoms with Crippen LogP contribution in [-0.2, 0) is 4.79 Å². The molecule has 0 aliphatic heterocycles. The van der Waals surface area contributed by atoms with Crippen LogP contribution in [0.1, 0.15) is 26.0 Å². The van der Waals surface area contributed by atoms with Gasteiger partial charge in [0.25, 0.3) is 0 Å². The first-order chi connectivity index (χ1) is 7.04. The molecule has 3 nitrogen and oxygen atoms in total. The van der Waals surface area contributed by atoms with Gasteiger partial charge < -0.3 is 5.32 Å². The Morgan fingerprint density at radius 3 is 2.80 bits per heavy atom. The molecule has 1 amide bonds. The van der Waals surface area contributed by atoms with Crippen LogP contribution in [0.3, 0.4) is 0 Å². The Kier molecular flexibility index (Phi) is 4.50. The molecule has 0 aliphatic carbocycles. The molecule has 1 aromatic heterocycles. The zero-order valence-corrected chi connectivity index (χ0v) is 11.3. The molecule has 0 spiro atoms. The third-order valence-electron chi connectivity index (χ3n) is 2.33. The third-order valence-corrected chi connectivity index (χ3v) is 3.47. The van der Waals surface area contributed by atoms with Crippen molar-refractivity contribution in [2.75, 3.05) is 5.32 Å². The van der Waals surface area contributed by atoms with Crippen LogP contribution in [0.15, 0.2) is 12.1 Å².